The number of rotatable bonds is 3. The van der Waals surface area contributed by atoms with E-state index in [1.54, 1.807) is 12.1 Å². The number of hydrogen-bond acceptors (Lipinski definition) is 1. The Kier molecular flexibility index (Phi) is 3.93. The first-order valence-electron chi connectivity index (χ1n) is 6.70. The summed E-state index contributed by atoms with van der Waals surface area (Å²) in [6.45, 7) is 0.763. The number of alkyl halides is 1. The largest absolute Gasteiger partial charge is 0.384 e. The monoisotopic (exact) mass is 355 g/mol. The van der Waals surface area contributed by atoms with Crippen molar-refractivity contribution in [2.24, 2.45) is 0 Å². The van der Waals surface area contributed by atoms with Crippen molar-refractivity contribution >= 4 is 21.6 Å². The van der Waals surface area contributed by atoms with Crippen LogP contribution in [0.3, 0.4) is 0 Å². The summed E-state index contributed by atoms with van der Waals surface area (Å²) in [5, 5.41) is 3.14. The molecule has 1 aliphatic rings. The van der Waals surface area contributed by atoms with Gasteiger partial charge in [-0.2, -0.15) is 0 Å². The first-order chi connectivity index (χ1) is 10.1. The predicted octanol–water partition coefficient (Wildman–Crippen LogP) is 4.95. The van der Waals surface area contributed by atoms with Gasteiger partial charge in [-0.3, -0.25) is 0 Å². The molecule has 1 aliphatic heterocycles. The first kappa shape index (κ1) is 14.4. The molecule has 0 radical (unpaired) electrons. The van der Waals surface area contributed by atoms with E-state index in [1.807, 2.05) is 6.07 Å². The van der Waals surface area contributed by atoms with Crippen molar-refractivity contribution in [3.05, 3.63) is 63.1 Å². The van der Waals surface area contributed by atoms with Crippen molar-refractivity contribution < 1.29 is 13.2 Å². The summed E-state index contributed by atoms with van der Waals surface area (Å²) in [5.74, 6) is -1.46. The van der Waals surface area contributed by atoms with Crippen LogP contribution < -0.4 is 5.32 Å². The Balaban J connectivity index is 1.93. The highest BCUT2D eigenvalue weighted by Crippen LogP contribution is 2.35. The molecule has 1 nitrogen and oxygen atoms in total. The van der Waals surface area contributed by atoms with Gasteiger partial charge in [0.05, 0.1) is 4.47 Å². The lowest BCUT2D eigenvalue weighted by atomic mass is 9.98. The highest BCUT2D eigenvalue weighted by Gasteiger charge is 2.23. The molecule has 0 fully saturated rings. The second kappa shape index (κ2) is 5.72. The van der Waals surface area contributed by atoms with Crippen LogP contribution in [0.15, 0.2) is 34.8 Å². The Morgan fingerprint density at radius 1 is 1.19 bits per heavy atom. The third kappa shape index (κ3) is 2.67. The zero-order valence-electron chi connectivity index (χ0n) is 11.1. The van der Waals surface area contributed by atoms with E-state index in [4.69, 9.17) is 0 Å². The molecule has 1 unspecified atom stereocenters. The fourth-order valence-corrected chi connectivity index (χ4v) is 3.04. The van der Waals surface area contributed by atoms with Crippen LogP contribution in [0.5, 0.6) is 0 Å². The molecule has 0 amide bonds. The minimum absolute atomic E-state index is 0.141. The summed E-state index contributed by atoms with van der Waals surface area (Å²) >= 11 is 3.00. The van der Waals surface area contributed by atoms with Gasteiger partial charge in [-0.05, 0) is 40.0 Å². The molecule has 0 spiro atoms. The molecule has 0 bridgehead atoms. The Bertz CT molecular complexity index is 687. The van der Waals surface area contributed by atoms with Crippen molar-refractivity contribution in [1.29, 1.82) is 0 Å². The van der Waals surface area contributed by atoms with E-state index in [2.05, 4.69) is 21.2 Å². The molecule has 1 atom stereocenters. The van der Waals surface area contributed by atoms with Gasteiger partial charge < -0.3 is 5.32 Å². The van der Waals surface area contributed by atoms with Crippen LogP contribution in [-0.2, 0) is 12.8 Å². The van der Waals surface area contributed by atoms with E-state index < -0.39 is 17.8 Å². The quantitative estimate of drug-likeness (QED) is 0.768. The fraction of sp³-hybridized carbons (Fsp3) is 0.250. The first-order valence-corrected chi connectivity index (χ1v) is 7.49. The topological polar surface area (TPSA) is 12.0 Å². The maximum atomic E-state index is 14.6. The molecule has 5 heteroatoms. The number of halogens is 4. The Morgan fingerprint density at radius 2 is 2.00 bits per heavy atom. The third-order valence-corrected chi connectivity index (χ3v) is 4.35. The molecular weight excluding hydrogens is 343 g/mol. The number of fused-ring (bicyclic) bond motifs is 1. The Hall–Kier alpha value is -1.49. The highest BCUT2D eigenvalue weighted by atomic mass is 79.9. The minimum Gasteiger partial charge on any atom is -0.384 e. The molecule has 1 N–H and O–H groups in total. The molecule has 110 valence electrons. The van der Waals surface area contributed by atoms with Crippen LogP contribution in [0.1, 0.15) is 22.9 Å². The van der Waals surface area contributed by atoms with Gasteiger partial charge >= 0.3 is 0 Å². The van der Waals surface area contributed by atoms with Gasteiger partial charge in [-0.25, -0.2) is 13.2 Å². The molecule has 1 heterocycles. The second-order valence-corrected chi connectivity index (χ2v) is 5.91. The number of hydrogen-bond donors (Lipinski definition) is 1. The van der Waals surface area contributed by atoms with Gasteiger partial charge in [0.1, 0.15) is 17.8 Å². The fourth-order valence-electron chi connectivity index (χ4n) is 2.67. The van der Waals surface area contributed by atoms with E-state index in [-0.39, 0.29) is 16.5 Å². The molecule has 0 aromatic heterocycles. The average Bonchev–Trinajstić information content (AvgIpc) is 2.95. The molecule has 0 aliphatic carbocycles. The van der Waals surface area contributed by atoms with Crippen molar-refractivity contribution in [3.63, 3.8) is 0 Å². The highest BCUT2D eigenvalue weighted by molar-refractivity contribution is 9.10. The van der Waals surface area contributed by atoms with Crippen molar-refractivity contribution in [2.45, 2.75) is 19.0 Å². The second-order valence-electron chi connectivity index (χ2n) is 5.05. The summed E-state index contributed by atoms with van der Waals surface area (Å²) in [6, 6.07) is 7.80. The minimum atomic E-state index is -1.45. The Labute approximate surface area is 129 Å². The van der Waals surface area contributed by atoms with Crippen LogP contribution in [0.2, 0.25) is 0 Å². The summed E-state index contributed by atoms with van der Waals surface area (Å²) < 4.78 is 42.4. The number of para-hydroxylation sites is 1. The Morgan fingerprint density at radius 3 is 2.81 bits per heavy atom. The predicted molar refractivity (Wildman–Crippen MR) is 80.2 cm³/mol. The number of nitrogens with one attached hydrogen (secondary N) is 1. The molecule has 2 aromatic carbocycles. The lowest BCUT2D eigenvalue weighted by Gasteiger charge is -2.15. The van der Waals surface area contributed by atoms with Crippen molar-refractivity contribution in [2.75, 3.05) is 11.9 Å². The maximum Gasteiger partial charge on any atom is 0.143 e. The molecule has 0 saturated heterocycles. The maximum absolute atomic E-state index is 14.6. The standard InChI is InChI=1S/C16H13BrF3N/c17-12-4-5-13(18)11(15(12)20)8-14(19)10-3-1-2-9-6-7-21-16(9)10/h1-5,14,21H,6-8H2. The smallest absolute Gasteiger partial charge is 0.143 e. The van der Waals surface area contributed by atoms with E-state index >= 15 is 0 Å². The van der Waals surface area contributed by atoms with E-state index in [0.717, 1.165) is 30.3 Å². The van der Waals surface area contributed by atoms with Crippen LogP contribution in [0.25, 0.3) is 0 Å². The van der Waals surface area contributed by atoms with Crippen LogP contribution in [-0.4, -0.2) is 6.54 Å². The van der Waals surface area contributed by atoms with Gasteiger partial charge in [-0.15, -0.1) is 0 Å². The lowest BCUT2D eigenvalue weighted by Crippen LogP contribution is -2.05. The summed E-state index contributed by atoms with van der Waals surface area (Å²) in [6.07, 6.45) is -0.936. The van der Waals surface area contributed by atoms with E-state index in [0.29, 0.717) is 5.56 Å². The number of benzene rings is 2. The van der Waals surface area contributed by atoms with Gasteiger partial charge in [-0.1, -0.05) is 18.2 Å². The van der Waals surface area contributed by atoms with Gasteiger partial charge in [0.15, 0.2) is 0 Å². The van der Waals surface area contributed by atoms with E-state index in [1.165, 1.54) is 6.07 Å². The van der Waals surface area contributed by atoms with Crippen molar-refractivity contribution in [3.8, 4) is 0 Å². The lowest BCUT2D eigenvalue weighted by molar-refractivity contribution is 0.334. The molecule has 3 rings (SSSR count). The molecule has 21 heavy (non-hydrogen) atoms. The van der Waals surface area contributed by atoms with Crippen LogP contribution in [0.4, 0.5) is 18.9 Å². The van der Waals surface area contributed by atoms with E-state index in [9.17, 15) is 13.2 Å². The zero-order chi connectivity index (χ0) is 15.0. The molecule has 0 saturated carbocycles. The summed E-state index contributed by atoms with van der Waals surface area (Å²) in [7, 11) is 0. The SMILES string of the molecule is Fc1ccc(Br)c(F)c1CC(F)c1cccc2c1NCC2. The zero-order valence-corrected chi connectivity index (χ0v) is 12.7. The van der Waals surface area contributed by atoms with Crippen LogP contribution in [0, 0.1) is 11.6 Å². The molecular formula is C16H13BrF3N. The van der Waals surface area contributed by atoms with Gasteiger partial charge in [0.2, 0.25) is 0 Å². The van der Waals surface area contributed by atoms with Crippen molar-refractivity contribution in [1.82, 2.24) is 0 Å². The summed E-state index contributed by atoms with van der Waals surface area (Å²) in [5.41, 5.74) is 2.04. The normalized spacial score (nSPS) is 14.7. The third-order valence-electron chi connectivity index (χ3n) is 3.74. The van der Waals surface area contributed by atoms with Crippen LogP contribution >= 0.6 is 15.9 Å². The summed E-state index contributed by atoms with van der Waals surface area (Å²) in [4.78, 5) is 0. The number of anilines is 1. The van der Waals surface area contributed by atoms with Gasteiger partial charge in [0.25, 0.3) is 0 Å². The average molecular weight is 356 g/mol. The van der Waals surface area contributed by atoms with Gasteiger partial charge in [0, 0.05) is 29.8 Å². The molecule has 2 aromatic rings.